The summed E-state index contributed by atoms with van der Waals surface area (Å²) < 4.78 is 0. The van der Waals surface area contributed by atoms with Crippen LogP contribution in [0.2, 0.25) is 0 Å². The zero-order valence-electron chi connectivity index (χ0n) is 2.34. The number of aldehydes is 1. The summed E-state index contributed by atoms with van der Waals surface area (Å²) in [5.74, 6) is -1.43. The van der Waals surface area contributed by atoms with Gasteiger partial charge in [-0.3, -0.25) is 4.79 Å². The molecule has 0 spiro atoms. The standard InChI is InChI=1S/C2H2O3/c3-1-2(4)5/h1H,(H,4,5)/i2+2. The van der Waals surface area contributed by atoms with E-state index in [1.807, 2.05) is 0 Å². The fourth-order valence-electron chi connectivity index (χ4n) is 0. The van der Waals surface area contributed by atoms with Crippen molar-refractivity contribution in [3.05, 3.63) is 0 Å². The molecule has 0 radical (unpaired) electrons. The lowest BCUT2D eigenvalue weighted by molar-refractivity contribution is -0.143. The highest BCUT2D eigenvalue weighted by molar-refractivity contribution is 6.19. The predicted octanol–water partition coefficient (Wildman–Crippen LogP) is -0.730. The molecular weight excluding hydrogens is 74.0 g/mol. The van der Waals surface area contributed by atoms with E-state index in [-0.39, 0.29) is 6.29 Å². The molecule has 3 nitrogen and oxygen atoms in total. The smallest absolute Gasteiger partial charge is 0.368 e. The van der Waals surface area contributed by atoms with Crippen LogP contribution in [0.5, 0.6) is 0 Å². The molecule has 1 N–H and O–H groups in total. The molecule has 0 aromatic carbocycles. The van der Waals surface area contributed by atoms with Gasteiger partial charge in [-0.2, -0.15) is 0 Å². The monoisotopic (exact) mass is 76.0 g/mol. The van der Waals surface area contributed by atoms with Crippen molar-refractivity contribution in [2.24, 2.45) is 0 Å². The summed E-state index contributed by atoms with van der Waals surface area (Å²) in [4.78, 5) is 17.9. The van der Waals surface area contributed by atoms with Gasteiger partial charge in [0, 0.05) is 0 Å². The number of rotatable bonds is 1. The Morgan fingerprint density at radius 3 is 2.00 bits per heavy atom. The molecule has 5 heavy (non-hydrogen) atoms. The largest absolute Gasteiger partial charge is 0.476 e. The van der Waals surface area contributed by atoms with Gasteiger partial charge in [-0.25, -0.2) is 4.79 Å². The summed E-state index contributed by atoms with van der Waals surface area (Å²) in [6.45, 7) is 0. The second-order valence-corrected chi connectivity index (χ2v) is 0.456. The average molecular weight is 76.0 g/mol. The molecule has 0 aromatic rings. The minimum absolute atomic E-state index is 0.167. The van der Waals surface area contributed by atoms with Crippen molar-refractivity contribution in [1.82, 2.24) is 0 Å². The Balaban J connectivity index is 3.20. The van der Waals surface area contributed by atoms with Crippen LogP contribution in [0.1, 0.15) is 0 Å². The van der Waals surface area contributed by atoms with Crippen LogP contribution in [-0.2, 0) is 9.59 Å². The second kappa shape index (κ2) is 1.46. The van der Waals surface area contributed by atoms with Crippen LogP contribution in [0.4, 0.5) is 0 Å². The molecule has 3 heteroatoms. The van der Waals surface area contributed by atoms with E-state index in [9.17, 15) is 0 Å². The average Bonchev–Trinajstić information content (AvgIpc) is 1.38. The van der Waals surface area contributed by atoms with Crippen LogP contribution in [0.15, 0.2) is 0 Å². The van der Waals surface area contributed by atoms with E-state index >= 15 is 0 Å². The third-order valence-electron chi connectivity index (χ3n) is 0.101. The van der Waals surface area contributed by atoms with Crippen molar-refractivity contribution in [2.45, 2.75) is 0 Å². The zero-order chi connectivity index (χ0) is 4.28. The van der Waals surface area contributed by atoms with Crippen molar-refractivity contribution in [2.75, 3.05) is 0 Å². The van der Waals surface area contributed by atoms with Crippen LogP contribution in [0.3, 0.4) is 0 Å². The zero-order valence-corrected chi connectivity index (χ0v) is 2.34. The third-order valence-corrected chi connectivity index (χ3v) is 0.101. The maximum absolute atomic E-state index is 9.00. The van der Waals surface area contributed by atoms with Gasteiger partial charge in [-0.15, -0.1) is 0 Å². The minimum Gasteiger partial charge on any atom is -0.476 e. The van der Waals surface area contributed by atoms with Crippen molar-refractivity contribution >= 4 is 12.3 Å². The van der Waals surface area contributed by atoms with E-state index in [0.29, 0.717) is 0 Å². The summed E-state index contributed by atoms with van der Waals surface area (Å²) in [5, 5.41) is 7.35. The minimum atomic E-state index is -1.43. The lowest BCUT2D eigenvalue weighted by Gasteiger charge is -1.59. The highest BCUT2D eigenvalue weighted by Gasteiger charge is 1.80. The lowest BCUT2D eigenvalue weighted by atomic mass is 11.5. The van der Waals surface area contributed by atoms with Gasteiger partial charge in [0.1, 0.15) is 0 Å². The quantitative estimate of drug-likeness (QED) is 0.331. The van der Waals surface area contributed by atoms with Gasteiger partial charge in [-0.05, 0) is 0 Å². The van der Waals surface area contributed by atoms with E-state index in [2.05, 4.69) is 0 Å². The molecule has 28 valence electrons. The van der Waals surface area contributed by atoms with Crippen molar-refractivity contribution in [1.29, 1.82) is 0 Å². The van der Waals surface area contributed by atoms with Gasteiger partial charge in [0.05, 0.1) is 0 Å². The molecular formula is C2H2O3. The summed E-state index contributed by atoms with van der Waals surface area (Å²) >= 11 is 0. The summed E-state index contributed by atoms with van der Waals surface area (Å²) in [6.07, 6.45) is -0.167. The predicted molar refractivity (Wildman–Crippen MR) is 13.7 cm³/mol. The van der Waals surface area contributed by atoms with Crippen molar-refractivity contribution in [3.63, 3.8) is 0 Å². The van der Waals surface area contributed by atoms with Crippen LogP contribution in [0.25, 0.3) is 0 Å². The number of carboxylic acids is 1. The van der Waals surface area contributed by atoms with Gasteiger partial charge in [-0.1, -0.05) is 0 Å². The summed E-state index contributed by atoms with van der Waals surface area (Å²) in [6, 6.07) is 0. The van der Waals surface area contributed by atoms with Crippen LogP contribution >= 0.6 is 0 Å². The van der Waals surface area contributed by atoms with Crippen LogP contribution in [0, 0.1) is 0 Å². The second-order valence-electron chi connectivity index (χ2n) is 0.456. The highest BCUT2D eigenvalue weighted by Crippen LogP contribution is 1.39. The van der Waals surface area contributed by atoms with Crippen molar-refractivity contribution in [3.8, 4) is 0 Å². The Kier molecular flexibility index (Phi) is 1.21. The fourth-order valence-corrected chi connectivity index (χ4v) is 0. The molecule has 0 saturated heterocycles. The van der Waals surface area contributed by atoms with E-state index in [0.717, 1.165) is 0 Å². The number of carbonyl (C=O) groups is 2. The molecule has 0 aromatic heterocycles. The number of hydrogen-bond donors (Lipinski definition) is 1. The first-order chi connectivity index (χ1) is 2.27. The van der Waals surface area contributed by atoms with E-state index in [4.69, 9.17) is 14.7 Å². The van der Waals surface area contributed by atoms with Gasteiger partial charge >= 0.3 is 5.97 Å². The van der Waals surface area contributed by atoms with Gasteiger partial charge < -0.3 is 5.11 Å². The molecule has 0 aliphatic rings. The highest BCUT2D eigenvalue weighted by atomic mass is 16.6. The number of aliphatic carboxylic acids is 1. The maximum Gasteiger partial charge on any atom is 0.368 e. The van der Waals surface area contributed by atoms with Crippen molar-refractivity contribution < 1.29 is 14.7 Å². The lowest BCUT2D eigenvalue weighted by Crippen LogP contribution is -1.91. The summed E-state index contributed by atoms with van der Waals surface area (Å²) in [7, 11) is 0. The molecule has 0 fully saturated rings. The number of hydrogen-bond acceptors (Lipinski definition) is 2. The first kappa shape index (κ1) is 4.14. The molecule has 0 aliphatic carbocycles. The molecule has 0 atom stereocenters. The van der Waals surface area contributed by atoms with E-state index in [1.165, 1.54) is 0 Å². The maximum atomic E-state index is 9.00. The molecule has 0 saturated carbocycles. The number of carboxylic acid groups (broad SMARTS) is 1. The van der Waals surface area contributed by atoms with Gasteiger partial charge in [0.2, 0.25) is 6.29 Å². The summed E-state index contributed by atoms with van der Waals surface area (Å²) in [5.41, 5.74) is 0. The Bertz CT molecular complexity index is 55.9. The topological polar surface area (TPSA) is 54.4 Å². The fraction of sp³-hybridized carbons (Fsp3) is 0. The molecule has 0 unspecified atom stereocenters. The molecule has 0 bridgehead atoms. The van der Waals surface area contributed by atoms with Crippen LogP contribution < -0.4 is 0 Å². The third kappa shape index (κ3) is 3.14. The molecule has 0 rings (SSSR count). The Hall–Kier alpha value is -0.860. The van der Waals surface area contributed by atoms with Gasteiger partial charge in [0.15, 0.2) is 0 Å². The van der Waals surface area contributed by atoms with E-state index < -0.39 is 5.97 Å². The van der Waals surface area contributed by atoms with Crippen LogP contribution in [-0.4, -0.2) is 17.4 Å². The van der Waals surface area contributed by atoms with E-state index in [1.54, 1.807) is 0 Å². The Morgan fingerprint density at radius 1 is 1.80 bits per heavy atom. The van der Waals surface area contributed by atoms with Gasteiger partial charge in [0.25, 0.3) is 0 Å². The number of carbonyl (C=O) groups excluding carboxylic acids is 1. The molecule has 0 aliphatic heterocycles. The first-order valence-electron chi connectivity index (χ1n) is 0.952. The first-order valence-corrected chi connectivity index (χ1v) is 0.952. The Labute approximate surface area is 28.2 Å². The molecule has 0 amide bonds. The molecule has 0 heterocycles. The SMILES string of the molecule is O=C[14C](=O)O. The Morgan fingerprint density at radius 2 is 2.00 bits per heavy atom. The normalized spacial score (nSPS) is 6.40.